The van der Waals surface area contributed by atoms with Gasteiger partial charge in [-0.1, -0.05) is 29.3 Å². The van der Waals surface area contributed by atoms with Crippen LogP contribution in [0.25, 0.3) is 0 Å². The highest BCUT2D eigenvalue weighted by Crippen LogP contribution is 2.25. The van der Waals surface area contributed by atoms with E-state index < -0.39 is 0 Å². The van der Waals surface area contributed by atoms with Gasteiger partial charge in [0, 0.05) is 17.6 Å². The summed E-state index contributed by atoms with van der Waals surface area (Å²) in [7, 11) is 0. The molecule has 0 aliphatic heterocycles. The van der Waals surface area contributed by atoms with Gasteiger partial charge < -0.3 is 10.6 Å². The number of aromatic nitrogens is 2. The molecule has 1 aromatic heterocycles. The molecule has 3 aromatic rings. The third-order valence-corrected chi connectivity index (χ3v) is 4.57. The molecule has 0 aliphatic rings. The van der Waals surface area contributed by atoms with Gasteiger partial charge in [0.25, 0.3) is 5.91 Å². The van der Waals surface area contributed by atoms with Crippen LogP contribution >= 0.6 is 23.2 Å². The number of carbonyl (C=O) groups is 1. The lowest BCUT2D eigenvalue weighted by Gasteiger charge is -2.09. The van der Waals surface area contributed by atoms with Crippen molar-refractivity contribution in [1.82, 2.24) is 9.97 Å². The van der Waals surface area contributed by atoms with E-state index >= 15 is 0 Å². The maximum atomic E-state index is 12.4. The van der Waals surface area contributed by atoms with E-state index in [1.165, 1.54) is 11.8 Å². The van der Waals surface area contributed by atoms with Gasteiger partial charge in [0.15, 0.2) is 0 Å². The van der Waals surface area contributed by atoms with E-state index in [-0.39, 0.29) is 11.6 Å². The predicted molar refractivity (Wildman–Crippen MR) is 106 cm³/mol. The Kier molecular flexibility index (Phi) is 5.40. The van der Waals surface area contributed by atoms with Crippen molar-refractivity contribution in [3.63, 3.8) is 0 Å². The molecule has 0 radical (unpaired) electrons. The predicted octanol–water partition coefficient (Wildman–Crippen LogP) is 5.40. The molecule has 0 fully saturated rings. The largest absolute Gasteiger partial charge is 0.324 e. The van der Waals surface area contributed by atoms with Crippen molar-refractivity contribution in [3.8, 4) is 0 Å². The first-order chi connectivity index (χ1) is 12.4. The summed E-state index contributed by atoms with van der Waals surface area (Å²) in [6.45, 7) is 4.08. The molecule has 0 atom stereocenters. The Bertz CT molecular complexity index is 976. The van der Waals surface area contributed by atoms with Crippen molar-refractivity contribution in [2.45, 2.75) is 13.8 Å². The Hall–Kier alpha value is -2.63. The first kappa shape index (κ1) is 18.2. The average molecular weight is 387 g/mol. The van der Waals surface area contributed by atoms with Crippen molar-refractivity contribution in [2.75, 3.05) is 10.6 Å². The number of halogens is 2. The summed E-state index contributed by atoms with van der Waals surface area (Å²) in [5.74, 6) is -0.0241. The molecular weight excluding hydrogens is 371 g/mol. The van der Waals surface area contributed by atoms with Gasteiger partial charge in [0.1, 0.15) is 5.69 Å². The highest BCUT2D eigenvalue weighted by Gasteiger charge is 2.10. The smallest absolute Gasteiger partial charge is 0.274 e. The topological polar surface area (TPSA) is 66.9 Å². The van der Waals surface area contributed by atoms with Gasteiger partial charge >= 0.3 is 0 Å². The Morgan fingerprint density at radius 3 is 2.42 bits per heavy atom. The third-order valence-electron chi connectivity index (χ3n) is 3.83. The Morgan fingerprint density at radius 1 is 0.923 bits per heavy atom. The van der Waals surface area contributed by atoms with Crippen LogP contribution in [0.4, 0.5) is 17.3 Å². The molecule has 0 spiro atoms. The van der Waals surface area contributed by atoms with Gasteiger partial charge in [0.2, 0.25) is 5.95 Å². The van der Waals surface area contributed by atoms with Crippen molar-refractivity contribution in [3.05, 3.63) is 75.5 Å². The van der Waals surface area contributed by atoms with Gasteiger partial charge in [-0.3, -0.25) is 4.79 Å². The minimum absolute atomic E-state index is 0.234. The second-order valence-corrected chi connectivity index (χ2v) is 6.59. The fraction of sp³-hybridized carbons (Fsp3) is 0.105. The van der Waals surface area contributed by atoms with Gasteiger partial charge in [-0.2, -0.15) is 0 Å². The molecule has 0 unspecified atom stereocenters. The molecule has 0 saturated carbocycles. The zero-order valence-corrected chi connectivity index (χ0v) is 15.7. The number of rotatable bonds is 4. The van der Waals surface area contributed by atoms with E-state index in [1.54, 1.807) is 24.3 Å². The number of nitrogens with one attached hydrogen (secondary N) is 2. The number of carbonyl (C=O) groups excluding carboxylic acids is 1. The lowest BCUT2D eigenvalue weighted by atomic mass is 10.1. The number of hydrogen-bond donors (Lipinski definition) is 2. The monoisotopic (exact) mass is 386 g/mol. The first-order valence-corrected chi connectivity index (χ1v) is 8.62. The summed E-state index contributed by atoms with van der Waals surface area (Å²) in [5, 5.41) is 6.63. The third kappa shape index (κ3) is 4.31. The van der Waals surface area contributed by atoms with Crippen LogP contribution < -0.4 is 10.6 Å². The molecule has 0 aliphatic carbocycles. The van der Waals surface area contributed by atoms with E-state index in [0.717, 1.165) is 11.3 Å². The highest BCUT2D eigenvalue weighted by molar-refractivity contribution is 6.42. The maximum absolute atomic E-state index is 12.4. The highest BCUT2D eigenvalue weighted by atomic mass is 35.5. The molecule has 5 nitrogen and oxygen atoms in total. The average Bonchev–Trinajstić information content (AvgIpc) is 2.61. The Balaban J connectivity index is 1.76. The molecule has 2 aromatic carbocycles. The SMILES string of the molecule is Cc1ccc(Nc2nccc(C(=O)Nc3ccc(Cl)c(Cl)c3)n2)cc1C. The molecule has 0 bridgehead atoms. The summed E-state index contributed by atoms with van der Waals surface area (Å²) in [5.41, 5.74) is 3.98. The zero-order valence-electron chi connectivity index (χ0n) is 14.2. The summed E-state index contributed by atoms with van der Waals surface area (Å²) < 4.78 is 0. The minimum atomic E-state index is -0.367. The van der Waals surface area contributed by atoms with Crippen LogP contribution in [0.3, 0.4) is 0 Å². The quantitative estimate of drug-likeness (QED) is 0.629. The van der Waals surface area contributed by atoms with Crippen LogP contribution in [-0.2, 0) is 0 Å². The number of benzene rings is 2. The summed E-state index contributed by atoms with van der Waals surface area (Å²) >= 11 is 11.8. The summed E-state index contributed by atoms with van der Waals surface area (Å²) in [4.78, 5) is 20.8. The number of amides is 1. The molecule has 132 valence electrons. The number of anilines is 3. The summed E-state index contributed by atoms with van der Waals surface area (Å²) in [6, 6.07) is 12.4. The second-order valence-electron chi connectivity index (χ2n) is 5.77. The second kappa shape index (κ2) is 7.72. The van der Waals surface area contributed by atoms with Gasteiger partial charge in [-0.15, -0.1) is 0 Å². The van der Waals surface area contributed by atoms with Crippen molar-refractivity contribution in [2.24, 2.45) is 0 Å². The molecule has 7 heteroatoms. The minimum Gasteiger partial charge on any atom is -0.324 e. The molecule has 1 heterocycles. The molecule has 2 N–H and O–H groups in total. The van der Waals surface area contributed by atoms with E-state index in [4.69, 9.17) is 23.2 Å². The van der Waals surface area contributed by atoms with Crippen molar-refractivity contribution in [1.29, 1.82) is 0 Å². The van der Waals surface area contributed by atoms with Crippen molar-refractivity contribution >= 4 is 46.4 Å². The number of aryl methyl sites for hydroxylation is 2. The molecule has 1 amide bonds. The van der Waals surface area contributed by atoms with Gasteiger partial charge in [-0.05, 0) is 61.4 Å². The van der Waals surface area contributed by atoms with E-state index in [9.17, 15) is 4.79 Å². The van der Waals surface area contributed by atoms with Crippen LogP contribution in [0, 0.1) is 13.8 Å². The van der Waals surface area contributed by atoms with Crippen LogP contribution in [0.1, 0.15) is 21.6 Å². The molecular formula is C19H16Cl2N4O. The molecule has 3 rings (SSSR count). The lowest BCUT2D eigenvalue weighted by molar-refractivity contribution is 0.102. The first-order valence-electron chi connectivity index (χ1n) is 7.86. The lowest BCUT2D eigenvalue weighted by Crippen LogP contribution is -2.14. The fourth-order valence-corrected chi connectivity index (χ4v) is 2.56. The maximum Gasteiger partial charge on any atom is 0.274 e. The molecule has 0 saturated heterocycles. The Labute approximate surface area is 161 Å². The van der Waals surface area contributed by atoms with E-state index in [2.05, 4.69) is 20.6 Å². The number of hydrogen-bond acceptors (Lipinski definition) is 4. The van der Waals surface area contributed by atoms with E-state index in [1.807, 2.05) is 32.0 Å². The van der Waals surface area contributed by atoms with Gasteiger partial charge in [0.05, 0.1) is 10.0 Å². The van der Waals surface area contributed by atoms with Crippen LogP contribution in [0.2, 0.25) is 10.0 Å². The Morgan fingerprint density at radius 2 is 1.69 bits per heavy atom. The van der Waals surface area contributed by atoms with Crippen molar-refractivity contribution < 1.29 is 4.79 Å². The van der Waals surface area contributed by atoms with Crippen LogP contribution in [0.5, 0.6) is 0 Å². The molecule has 26 heavy (non-hydrogen) atoms. The summed E-state index contributed by atoms with van der Waals surface area (Å²) in [6.07, 6.45) is 1.53. The van der Waals surface area contributed by atoms with Crippen LogP contribution in [0.15, 0.2) is 48.7 Å². The zero-order chi connectivity index (χ0) is 18.7. The van der Waals surface area contributed by atoms with Gasteiger partial charge in [-0.25, -0.2) is 9.97 Å². The normalized spacial score (nSPS) is 10.5. The van der Waals surface area contributed by atoms with Crippen LogP contribution in [-0.4, -0.2) is 15.9 Å². The standard InChI is InChI=1S/C19H16Cl2N4O/c1-11-3-4-13(9-12(11)2)24-19-22-8-7-17(25-19)18(26)23-14-5-6-15(20)16(21)10-14/h3-10H,1-2H3,(H,23,26)(H,22,24,25). The van der Waals surface area contributed by atoms with E-state index in [0.29, 0.717) is 21.7 Å². The fourth-order valence-electron chi connectivity index (χ4n) is 2.26. The number of nitrogens with zero attached hydrogens (tertiary/aromatic N) is 2.